The lowest BCUT2D eigenvalue weighted by molar-refractivity contribution is -0.0533. The number of benzene rings is 1. The Morgan fingerprint density at radius 2 is 1.98 bits per heavy atom. The van der Waals surface area contributed by atoms with Crippen molar-refractivity contribution in [2.45, 2.75) is 82.8 Å². The number of aryl methyl sites for hydroxylation is 1. The van der Waals surface area contributed by atoms with Gasteiger partial charge in [-0.25, -0.2) is 14.4 Å². The van der Waals surface area contributed by atoms with Gasteiger partial charge in [-0.3, -0.25) is 4.79 Å². The lowest BCUT2D eigenvalue weighted by atomic mass is 9.97. The van der Waals surface area contributed by atoms with Crippen LogP contribution in [0.15, 0.2) is 24.5 Å². The molecule has 9 nitrogen and oxygen atoms in total. The number of nitrogens with zero attached hydrogens (tertiary/aromatic N) is 3. The Morgan fingerprint density at radius 1 is 1.15 bits per heavy atom. The van der Waals surface area contributed by atoms with Crippen molar-refractivity contribution in [3.63, 3.8) is 0 Å². The Hall–Kier alpha value is -2.66. The van der Waals surface area contributed by atoms with Gasteiger partial charge in [-0.1, -0.05) is 12.1 Å². The minimum atomic E-state index is -0.199. The fraction of sp³-hybridized carbons (Fsp3) is 0.633. The van der Waals surface area contributed by atoms with Crippen molar-refractivity contribution in [2.75, 3.05) is 45.3 Å². The van der Waals surface area contributed by atoms with E-state index in [4.69, 9.17) is 14.2 Å². The molecule has 1 aromatic heterocycles. The average molecular weight is 556 g/mol. The summed E-state index contributed by atoms with van der Waals surface area (Å²) in [5.41, 5.74) is 2.69. The highest BCUT2D eigenvalue weighted by Gasteiger charge is 2.31. The minimum Gasteiger partial charge on any atom is -0.379 e. The van der Waals surface area contributed by atoms with Gasteiger partial charge in [0.1, 0.15) is 23.7 Å². The summed E-state index contributed by atoms with van der Waals surface area (Å²) in [4.78, 5) is 24.1. The maximum absolute atomic E-state index is 14.1. The van der Waals surface area contributed by atoms with Gasteiger partial charge in [-0.15, -0.1) is 0 Å². The van der Waals surface area contributed by atoms with Crippen LogP contribution in [0.2, 0.25) is 0 Å². The molecule has 40 heavy (non-hydrogen) atoms. The number of carbonyl (C=O) groups excluding carboxylic acids is 1. The molecule has 218 valence electrons. The first-order valence-corrected chi connectivity index (χ1v) is 14.6. The number of halogens is 1. The summed E-state index contributed by atoms with van der Waals surface area (Å²) in [5.74, 6) is 0.388. The van der Waals surface area contributed by atoms with Gasteiger partial charge in [0.25, 0.3) is 5.91 Å². The second-order valence-corrected chi connectivity index (χ2v) is 11.2. The number of methoxy groups -OCH3 is 1. The number of anilines is 1. The molecule has 0 saturated carbocycles. The fourth-order valence-electron chi connectivity index (χ4n) is 6.00. The largest absolute Gasteiger partial charge is 0.379 e. The van der Waals surface area contributed by atoms with Crippen molar-refractivity contribution < 1.29 is 23.4 Å². The maximum atomic E-state index is 14.1. The molecule has 0 aliphatic carbocycles. The van der Waals surface area contributed by atoms with E-state index >= 15 is 0 Å². The zero-order chi connectivity index (χ0) is 28.1. The molecule has 3 saturated heterocycles. The molecule has 3 aliphatic rings. The van der Waals surface area contributed by atoms with Crippen LogP contribution in [0, 0.1) is 19.7 Å². The number of likely N-dealkylation sites (tertiary alicyclic amines) is 1. The summed E-state index contributed by atoms with van der Waals surface area (Å²) < 4.78 is 31.5. The average Bonchev–Trinajstić information content (AvgIpc) is 2.98. The van der Waals surface area contributed by atoms with Gasteiger partial charge in [0.05, 0.1) is 24.9 Å². The maximum Gasteiger partial charge on any atom is 0.272 e. The van der Waals surface area contributed by atoms with Crippen LogP contribution in [-0.2, 0) is 14.2 Å². The number of ether oxygens (including phenoxy) is 3. The van der Waals surface area contributed by atoms with E-state index in [-0.39, 0.29) is 36.1 Å². The minimum absolute atomic E-state index is 0.0309. The van der Waals surface area contributed by atoms with E-state index in [9.17, 15) is 9.18 Å². The van der Waals surface area contributed by atoms with Crippen molar-refractivity contribution in [3.8, 4) is 0 Å². The van der Waals surface area contributed by atoms with Gasteiger partial charge in [0.2, 0.25) is 0 Å². The number of hydrogen-bond donors (Lipinski definition) is 2. The van der Waals surface area contributed by atoms with Crippen LogP contribution in [0.4, 0.5) is 10.2 Å². The van der Waals surface area contributed by atoms with Crippen LogP contribution >= 0.6 is 0 Å². The Kier molecular flexibility index (Phi) is 9.62. The Balaban J connectivity index is 1.14. The SMILES string of the molecule is COC1COCCC1NC1CCN(C(=O)c2ncnc(NC[C@@H]3CCC[C@H](c4ccc(C)c(F)c4)O3)c2C)CC1. The molecule has 0 spiro atoms. The molecule has 2 N–H and O–H groups in total. The summed E-state index contributed by atoms with van der Waals surface area (Å²) >= 11 is 0. The molecule has 3 fully saturated rings. The Morgan fingerprint density at radius 3 is 2.75 bits per heavy atom. The number of rotatable bonds is 8. The molecule has 10 heteroatoms. The van der Waals surface area contributed by atoms with E-state index in [1.807, 2.05) is 17.9 Å². The summed E-state index contributed by atoms with van der Waals surface area (Å²) in [6.07, 6.45) is 6.87. The Bertz CT molecular complexity index is 1160. The number of carbonyl (C=O) groups is 1. The highest BCUT2D eigenvalue weighted by molar-refractivity contribution is 5.94. The van der Waals surface area contributed by atoms with E-state index in [1.54, 1.807) is 26.2 Å². The van der Waals surface area contributed by atoms with Crippen molar-refractivity contribution in [1.29, 1.82) is 0 Å². The quantitative estimate of drug-likeness (QED) is 0.506. The molecule has 4 atom stereocenters. The van der Waals surface area contributed by atoms with E-state index < -0.39 is 0 Å². The molecule has 0 radical (unpaired) electrons. The molecule has 0 bridgehead atoms. The predicted molar refractivity (Wildman–Crippen MR) is 150 cm³/mol. The molecule has 1 aromatic carbocycles. The van der Waals surface area contributed by atoms with Crippen molar-refractivity contribution in [2.24, 2.45) is 0 Å². The lowest BCUT2D eigenvalue weighted by Gasteiger charge is -2.38. The van der Waals surface area contributed by atoms with Crippen LogP contribution in [0.5, 0.6) is 0 Å². The summed E-state index contributed by atoms with van der Waals surface area (Å²) in [5, 5.41) is 7.12. The summed E-state index contributed by atoms with van der Waals surface area (Å²) in [6.45, 7) is 6.94. The molecule has 4 heterocycles. The first-order chi connectivity index (χ1) is 19.4. The third kappa shape index (κ3) is 6.79. The number of amides is 1. The normalized spacial score (nSPS) is 26.1. The zero-order valence-corrected chi connectivity index (χ0v) is 23.8. The van der Waals surface area contributed by atoms with Crippen molar-refractivity contribution >= 4 is 11.7 Å². The molecule has 3 aliphatic heterocycles. The molecule has 2 unspecified atom stereocenters. The van der Waals surface area contributed by atoms with Crippen LogP contribution in [0.1, 0.15) is 71.8 Å². The summed E-state index contributed by atoms with van der Waals surface area (Å²) in [6, 6.07) is 5.98. The van der Waals surface area contributed by atoms with E-state index in [2.05, 4.69) is 20.6 Å². The number of nitrogens with one attached hydrogen (secondary N) is 2. The van der Waals surface area contributed by atoms with Gasteiger partial charge < -0.3 is 29.7 Å². The van der Waals surface area contributed by atoms with Gasteiger partial charge in [-0.2, -0.15) is 0 Å². The topological polar surface area (TPSA) is 97.8 Å². The first-order valence-electron chi connectivity index (χ1n) is 14.6. The summed E-state index contributed by atoms with van der Waals surface area (Å²) in [7, 11) is 1.73. The highest BCUT2D eigenvalue weighted by Crippen LogP contribution is 2.32. The predicted octanol–water partition coefficient (Wildman–Crippen LogP) is 3.95. The number of piperidine rings is 1. The standard InChI is InChI=1S/C30H42FN5O4/c1-19-7-8-21(15-24(19)31)26-6-4-5-23(40-26)16-32-29-20(2)28(33-18-34-29)30(37)36-12-9-22(10-13-36)35-25-11-14-39-17-27(25)38-3/h7-8,15,18,22-23,25-27,35H,4-6,9-14,16-17H2,1-3H3,(H,32,33,34)/t23-,25?,26+,27?/m0/s1. The highest BCUT2D eigenvalue weighted by atomic mass is 19.1. The van der Waals surface area contributed by atoms with E-state index in [1.165, 1.54) is 6.33 Å². The van der Waals surface area contributed by atoms with Gasteiger partial charge in [-0.05, 0) is 69.6 Å². The third-order valence-corrected chi connectivity index (χ3v) is 8.54. The third-order valence-electron chi connectivity index (χ3n) is 8.54. The van der Waals surface area contributed by atoms with Crippen molar-refractivity contribution in [3.05, 3.63) is 52.7 Å². The van der Waals surface area contributed by atoms with Gasteiger partial charge in [0.15, 0.2) is 0 Å². The van der Waals surface area contributed by atoms with Crippen molar-refractivity contribution in [1.82, 2.24) is 20.2 Å². The zero-order valence-electron chi connectivity index (χ0n) is 23.8. The first kappa shape index (κ1) is 28.9. The number of aromatic nitrogens is 2. The number of hydrogen-bond acceptors (Lipinski definition) is 8. The van der Waals surface area contributed by atoms with Crippen LogP contribution < -0.4 is 10.6 Å². The second kappa shape index (κ2) is 13.3. The molecular formula is C30H42FN5O4. The smallest absolute Gasteiger partial charge is 0.272 e. The molecule has 2 aromatic rings. The Labute approximate surface area is 236 Å². The van der Waals surface area contributed by atoms with Gasteiger partial charge in [0, 0.05) is 51.0 Å². The molecule has 1 amide bonds. The molecular weight excluding hydrogens is 513 g/mol. The lowest BCUT2D eigenvalue weighted by Crippen LogP contribution is -2.54. The van der Waals surface area contributed by atoms with E-state index in [0.717, 1.165) is 56.3 Å². The van der Waals surface area contributed by atoms with Crippen LogP contribution in [0.3, 0.4) is 0 Å². The van der Waals surface area contributed by atoms with E-state index in [0.29, 0.717) is 49.4 Å². The molecule has 5 rings (SSSR count). The van der Waals surface area contributed by atoms with Crippen LogP contribution in [0.25, 0.3) is 0 Å². The monoisotopic (exact) mass is 555 g/mol. The second-order valence-electron chi connectivity index (χ2n) is 11.2. The fourth-order valence-corrected chi connectivity index (χ4v) is 6.00. The van der Waals surface area contributed by atoms with Gasteiger partial charge >= 0.3 is 0 Å². The van der Waals surface area contributed by atoms with Crippen LogP contribution in [-0.4, -0.2) is 85.0 Å².